The van der Waals surface area contributed by atoms with E-state index >= 15 is 0 Å². The zero-order valence-corrected chi connectivity index (χ0v) is 16.6. The van der Waals surface area contributed by atoms with Crippen LogP contribution in [0.1, 0.15) is 31.7 Å². The van der Waals surface area contributed by atoms with Gasteiger partial charge in [0.15, 0.2) is 0 Å². The third kappa shape index (κ3) is 5.78. The van der Waals surface area contributed by atoms with Crippen LogP contribution in [0.3, 0.4) is 0 Å². The Bertz CT molecular complexity index is 676. The fourth-order valence-electron chi connectivity index (χ4n) is 2.37. The Hall–Kier alpha value is -1.13. The Morgan fingerprint density at radius 1 is 1.35 bits per heavy atom. The Morgan fingerprint density at radius 2 is 2.09 bits per heavy atom. The summed E-state index contributed by atoms with van der Waals surface area (Å²) in [5, 5.41) is 2.80. The van der Waals surface area contributed by atoms with Gasteiger partial charge in [0, 0.05) is 21.6 Å². The van der Waals surface area contributed by atoms with Gasteiger partial charge in [-0.05, 0) is 87.2 Å². The lowest BCUT2D eigenvalue weighted by Crippen LogP contribution is -2.22. The fraction of sp³-hybridized carbons (Fsp3) is 0.316. The van der Waals surface area contributed by atoms with Gasteiger partial charge in [0.2, 0.25) is 5.91 Å². The Morgan fingerprint density at radius 3 is 2.74 bits per heavy atom. The summed E-state index contributed by atoms with van der Waals surface area (Å²) in [6.07, 6.45) is 7.05. The third-order valence-electron chi connectivity index (χ3n) is 3.74. The predicted molar refractivity (Wildman–Crippen MR) is 103 cm³/mol. The third-order valence-corrected chi connectivity index (χ3v) is 5.62. The van der Waals surface area contributed by atoms with Crippen molar-refractivity contribution in [2.75, 3.05) is 6.54 Å². The maximum atomic E-state index is 11.7. The number of halogens is 2. The summed E-state index contributed by atoms with van der Waals surface area (Å²) in [7, 11) is 0. The van der Waals surface area contributed by atoms with Crippen LogP contribution in [-0.4, -0.2) is 12.5 Å². The van der Waals surface area contributed by atoms with Crippen LogP contribution in [0.15, 0.2) is 63.1 Å². The highest BCUT2D eigenvalue weighted by molar-refractivity contribution is 9.13. The molecule has 1 fully saturated rings. The predicted octanol–water partition coefficient (Wildman–Crippen LogP) is 5.51. The number of carbonyl (C=O) groups excluding carboxylic acids is 1. The number of amides is 1. The van der Waals surface area contributed by atoms with Crippen molar-refractivity contribution in [2.24, 2.45) is 5.92 Å². The highest BCUT2D eigenvalue weighted by Crippen LogP contribution is 2.49. The summed E-state index contributed by atoms with van der Waals surface area (Å²) >= 11 is 7.05. The van der Waals surface area contributed by atoms with E-state index in [2.05, 4.69) is 68.0 Å². The van der Waals surface area contributed by atoms with Gasteiger partial charge in [-0.3, -0.25) is 4.79 Å². The molecule has 1 aromatic carbocycles. The number of allylic oxidation sites excluding steroid dienone is 3. The molecule has 2 rings (SSSR count). The smallest absolute Gasteiger partial charge is 0.244 e. The minimum Gasteiger partial charge on any atom is -0.349 e. The topological polar surface area (TPSA) is 29.1 Å². The number of carbonyl (C=O) groups is 1. The molecule has 2 atom stereocenters. The minimum absolute atomic E-state index is 0.0701. The molecule has 2 unspecified atom stereocenters. The van der Waals surface area contributed by atoms with Gasteiger partial charge >= 0.3 is 0 Å². The molecule has 122 valence electrons. The Kier molecular flexibility index (Phi) is 6.42. The van der Waals surface area contributed by atoms with Crippen LogP contribution in [-0.2, 0) is 4.79 Å². The van der Waals surface area contributed by atoms with Crippen molar-refractivity contribution in [3.63, 3.8) is 0 Å². The second kappa shape index (κ2) is 8.11. The van der Waals surface area contributed by atoms with Crippen molar-refractivity contribution in [3.05, 3.63) is 68.7 Å². The maximum Gasteiger partial charge on any atom is 0.244 e. The van der Waals surface area contributed by atoms with Gasteiger partial charge in [-0.15, -0.1) is 0 Å². The summed E-state index contributed by atoms with van der Waals surface area (Å²) in [6, 6.07) is 6.42. The largest absolute Gasteiger partial charge is 0.349 e. The quantitative estimate of drug-likeness (QED) is 0.354. The van der Waals surface area contributed by atoms with E-state index in [0.717, 1.165) is 20.1 Å². The molecule has 0 radical (unpaired) electrons. The molecule has 0 aliphatic heterocycles. The Labute approximate surface area is 155 Å². The molecule has 0 bridgehead atoms. The molecule has 0 spiro atoms. The first-order valence-corrected chi connectivity index (χ1v) is 9.19. The van der Waals surface area contributed by atoms with Crippen molar-refractivity contribution in [1.82, 2.24) is 5.32 Å². The number of benzene rings is 1. The summed E-state index contributed by atoms with van der Waals surface area (Å²) in [4.78, 5) is 11.7. The van der Waals surface area contributed by atoms with Crippen molar-refractivity contribution >= 4 is 37.8 Å². The highest BCUT2D eigenvalue weighted by Gasteiger charge is 2.36. The van der Waals surface area contributed by atoms with Gasteiger partial charge < -0.3 is 5.32 Å². The summed E-state index contributed by atoms with van der Waals surface area (Å²) < 4.78 is 2.17. The molecule has 1 amide bonds. The monoisotopic (exact) mass is 437 g/mol. The summed E-state index contributed by atoms with van der Waals surface area (Å²) in [6.45, 7) is 8.13. The summed E-state index contributed by atoms with van der Waals surface area (Å²) in [5.41, 5.74) is 3.27. The molecule has 0 heterocycles. The van der Waals surface area contributed by atoms with Crippen LogP contribution in [0.2, 0.25) is 0 Å². The SMILES string of the molecule is C=C(C)CNC(=O)/C=C(C)/C=C/C1CC1c1ccc(Br)c(Br)c1. The van der Waals surface area contributed by atoms with Crippen molar-refractivity contribution in [2.45, 2.75) is 26.2 Å². The molecule has 1 aromatic rings. The molecule has 0 aromatic heterocycles. The zero-order valence-electron chi connectivity index (χ0n) is 13.4. The zero-order chi connectivity index (χ0) is 17.0. The number of hydrogen-bond donors (Lipinski definition) is 1. The van der Waals surface area contributed by atoms with Gasteiger partial charge in [0.05, 0.1) is 0 Å². The van der Waals surface area contributed by atoms with E-state index in [1.807, 2.05) is 19.9 Å². The van der Waals surface area contributed by atoms with Crippen molar-refractivity contribution < 1.29 is 4.79 Å². The fourth-order valence-corrected chi connectivity index (χ4v) is 3.02. The van der Waals surface area contributed by atoms with E-state index in [4.69, 9.17) is 0 Å². The van der Waals surface area contributed by atoms with Gasteiger partial charge in [-0.2, -0.15) is 0 Å². The second-order valence-corrected chi connectivity index (χ2v) is 7.81. The first kappa shape index (κ1) is 18.2. The average molecular weight is 439 g/mol. The molecule has 1 saturated carbocycles. The van der Waals surface area contributed by atoms with E-state index in [-0.39, 0.29) is 5.91 Å². The standard InChI is InChI=1S/C19H21Br2NO/c1-12(2)11-22-19(23)8-13(3)4-5-14-9-16(14)15-6-7-17(20)18(21)10-15/h4-8,10,14,16H,1,9,11H2,2-3H3,(H,22,23)/b5-4+,13-8+. The van der Waals surface area contributed by atoms with E-state index in [9.17, 15) is 4.79 Å². The molecule has 23 heavy (non-hydrogen) atoms. The van der Waals surface area contributed by atoms with E-state index in [1.54, 1.807) is 6.08 Å². The molecule has 2 nitrogen and oxygen atoms in total. The Balaban J connectivity index is 1.88. The molecule has 4 heteroatoms. The van der Waals surface area contributed by atoms with Crippen LogP contribution in [0, 0.1) is 5.92 Å². The molecule has 0 saturated heterocycles. The normalized spacial score (nSPS) is 20.6. The number of rotatable bonds is 6. The minimum atomic E-state index is -0.0701. The van der Waals surface area contributed by atoms with Gasteiger partial charge in [0.1, 0.15) is 0 Å². The summed E-state index contributed by atoms with van der Waals surface area (Å²) in [5.74, 6) is 1.07. The lowest BCUT2D eigenvalue weighted by atomic mass is 10.1. The highest BCUT2D eigenvalue weighted by atomic mass is 79.9. The maximum absolute atomic E-state index is 11.7. The van der Waals surface area contributed by atoms with Gasteiger partial charge in [-0.1, -0.05) is 30.4 Å². The molecular weight excluding hydrogens is 418 g/mol. The number of nitrogens with one attached hydrogen (secondary N) is 1. The van der Waals surface area contributed by atoms with E-state index < -0.39 is 0 Å². The lowest BCUT2D eigenvalue weighted by Gasteiger charge is -2.02. The van der Waals surface area contributed by atoms with Crippen LogP contribution in [0.25, 0.3) is 0 Å². The number of hydrogen-bond acceptors (Lipinski definition) is 1. The second-order valence-electron chi connectivity index (χ2n) is 6.10. The van der Waals surface area contributed by atoms with Gasteiger partial charge in [-0.25, -0.2) is 0 Å². The average Bonchev–Trinajstić information content (AvgIpc) is 3.25. The van der Waals surface area contributed by atoms with E-state index in [1.165, 1.54) is 12.0 Å². The van der Waals surface area contributed by atoms with Crippen LogP contribution in [0.4, 0.5) is 0 Å². The molecule has 1 aliphatic rings. The van der Waals surface area contributed by atoms with Crippen molar-refractivity contribution in [1.29, 1.82) is 0 Å². The van der Waals surface area contributed by atoms with Crippen LogP contribution in [0.5, 0.6) is 0 Å². The molecule has 1 aliphatic carbocycles. The van der Waals surface area contributed by atoms with Crippen molar-refractivity contribution in [3.8, 4) is 0 Å². The van der Waals surface area contributed by atoms with E-state index in [0.29, 0.717) is 18.4 Å². The first-order valence-electron chi connectivity index (χ1n) is 7.60. The van der Waals surface area contributed by atoms with Gasteiger partial charge in [0.25, 0.3) is 0 Å². The molecule has 1 N–H and O–H groups in total. The molecular formula is C19H21Br2NO. The van der Waals surface area contributed by atoms with Crippen LogP contribution >= 0.6 is 31.9 Å². The first-order chi connectivity index (χ1) is 10.9. The van der Waals surface area contributed by atoms with Crippen LogP contribution < -0.4 is 5.32 Å². The lowest BCUT2D eigenvalue weighted by molar-refractivity contribution is -0.116.